The van der Waals surface area contributed by atoms with Gasteiger partial charge in [0.2, 0.25) is 28.6 Å². The van der Waals surface area contributed by atoms with Crippen molar-refractivity contribution in [2.24, 2.45) is 5.92 Å². The fourth-order valence-electron chi connectivity index (χ4n) is 3.52. The molecule has 3 rings (SSSR count). The Morgan fingerprint density at radius 3 is 2.46 bits per heavy atom. The minimum Gasteiger partial charge on any atom is -0.454 e. The number of halogens is 1. The monoisotopic (exact) mass is 523 g/mol. The third kappa shape index (κ3) is 7.02. The van der Waals surface area contributed by atoms with Crippen LogP contribution in [0.4, 0.5) is 5.69 Å². The smallest absolute Gasteiger partial charge is 0.244 e. The average Bonchev–Trinajstić information content (AvgIpc) is 3.26. The quantitative estimate of drug-likeness (QED) is 0.513. The van der Waals surface area contributed by atoms with E-state index in [1.807, 2.05) is 13.8 Å². The van der Waals surface area contributed by atoms with Crippen LogP contribution in [-0.4, -0.2) is 57.3 Å². The summed E-state index contributed by atoms with van der Waals surface area (Å²) in [7, 11) is -3.84. The highest BCUT2D eigenvalue weighted by Gasteiger charge is 2.30. The number of amides is 2. The van der Waals surface area contributed by atoms with Gasteiger partial charge in [0.25, 0.3) is 0 Å². The van der Waals surface area contributed by atoms with E-state index in [4.69, 9.17) is 21.1 Å². The summed E-state index contributed by atoms with van der Waals surface area (Å²) >= 11 is 6.11. The zero-order valence-electron chi connectivity index (χ0n) is 20.2. The van der Waals surface area contributed by atoms with E-state index < -0.39 is 28.5 Å². The van der Waals surface area contributed by atoms with Crippen molar-refractivity contribution in [2.45, 2.75) is 33.4 Å². The predicted octanol–water partition coefficient (Wildman–Crippen LogP) is 3.02. The summed E-state index contributed by atoms with van der Waals surface area (Å²) in [5, 5.41) is 3.33. The summed E-state index contributed by atoms with van der Waals surface area (Å²) in [6, 6.07) is 10.7. The first-order valence-electron chi connectivity index (χ1n) is 11.1. The molecule has 1 heterocycles. The maximum absolute atomic E-state index is 13.5. The van der Waals surface area contributed by atoms with E-state index in [9.17, 15) is 18.0 Å². The van der Waals surface area contributed by atoms with E-state index in [0.717, 1.165) is 10.6 Å². The predicted molar refractivity (Wildman–Crippen MR) is 134 cm³/mol. The molecular formula is C24H30ClN3O6S. The van der Waals surface area contributed by atoms with Gasteiger partial charge in [0.15, 0.2) is 11.5 Å². The van der Waals surface area contributed by atoms with Gasteiger partial charge in [-0.3, -0.25) is 13.9 Å². The molecule has 0 saturated heterocycles. The van der Waals surface area contributed by atoms with Crippen molar-refractivity contribution in [3.8, 4) is 11.5 Å². The number of hydrogen-bond donors (Lipinski definition) is 1. The number of anilines is 1. The standard InChI is InChI=1S/C24H30ClN3O6S/c1-16(2)12-26-24(30)17(3)27(13-18-6-5-7-19(25)10-18)23(29)14-28(35(4,31)32)20-8-9-21-22(11-20)34-15-33-21/h5-11,16-17H,12-15H2,1-4H3,(H,26,30)/t17-/m1/s1. The van der Waals surface area contributed by atoms with Gasteiger partial charge in [-0.05, 0) is 42.7 Å². The van der Waals surface area contributed by atoms with Gasteiger partial charge in [-0.25, -0.2) is 8.42 Å². The van der Waals surface area contributed by atoms with Crippen LogP contribution in [0.1, 0.15) is 26.3 Å². The summed E-state index contributed by atoms with van der Waals surface area (Å²) in [5.41, 5.74) is 0.966. The molecule has 190 valence electrons. The molecule has 0 saturated carbocycles. The van der Waals surface area contributed by atoms with Gasteiger partial charge in [0.1, 0.15) is 12.6 Å². The summed E-state index contributed by atoms with van der Waals surface area (Å²) in [4.78, 5) is 27.7. The van der Waals surface area contributed by atoms with Crippen molar-refractivity contribution in [2.75, 3.05) is 30.4 Å². The maximum atomic E-state index is 13.5. The van der Waals surface area contributed by atoms with Crippen LogP contribution in [0.25, 0.3) is 0 Å². The van der Waals surface area contributed by atoms with Gasteiger partial charge in [0, 0.05) is 24.2 Å². The van der Waals surface area contributed by atoms with Gasteiger partial charge >= 0.3 is 0 Å². The summed E-state index contributed by atoms with van der Waals surface area (Å²) in [6.45, 7) is 5.62. The van der Waals surface area contributed by atoms with Gasteiger partial charge in [-0.2, -0.15) is 0 Å². The van der Waals surface area contributed by atoms with Gasteiger partial charge in [0.05, 0.1) is 11.9 Å². The van der Waals surface area contributed by atoms with Crippen molar-refractivity contribution in [1.29, 1.82) is 0 Å². The molecule has 35 heavy (non-hydrogen) atoms. The van der Waals surface area contributed by atoms with Crippen LogP contribution < -0.4 is 19.1 Å². The number of sulfonamides is 1. The number of hydrogen-bond acceptors (Lipinski definition) is 6. The SMILES string of the molecule is CC(C)CNC(=O)[C@@H](C)N(Cc1cccc(Cl)c1)C(=O)CN(c1ccc2c(c1)OCO2)S(C)(=O)=O. The van der Waals surface area contributed by atoms with E-state index in [1.165, 1.54) is 11.0 Å². The summed E-state index contributed by atoms with van der Waals surface area (Å²) < 4.78 is 37.0. The zero-order chi connectivity index (χ0) is 25.8. The van der Waals surface area contributed by atoms with Crippen LogP contribution >= 0.6 is 11.6 Å². The number of ether oxygens (including phenoxy) is 2. The highest BCUT2D eigenvalue weighted by atomic mass is 35.5. The van der Waals surface area contributed by atoms with E-state index >= 15 is 0 Å². The van der Waals surface area contributed by atoms with Gasteiger partial charge in [-0.1, -0.05) is 37.6 Å². The highest BCUT2D eigenvalue weighted by molar-refractivity contribution is 7.92. The van der Waals surface area contributed by atoms with Crippen LogP contribution in [0.2, 0.25) is 5.02 Å². The van der Waals surface area contributed by atoms with Crippen molar-refractivity contribution < 1.29 is 27.5 Å². The molecule has 0 bridgehead atoms. The lowest BCUT2D eigenvalue weighted by molar-refractivity contribution is -0.139. The van der Waals surface area contributed by atoms with Crippen LogP contribution in [0.3, 0.4) is 0 Å². The topological polar surface area (TPSA) is 105 Å². The molecule has 0 spiro atoms. The molecule has 0 aliphatic carbocycles. The lowest BCUT2D eigenvalue weighted by Gasteiger charge is -2.31. The fraction of sp³-hybridized carbons (Fsp3) is 0.417. The Balaban J connectivity index is 1.89. The molecule has 1 N–H and O–H groups in total. The van der Waals surface area contributed by atoms with Crippen LogP contribution in [0.15, 0.2) is 42.5 Å². The highest BCUT2D eigenvalue weighted by Crippen LogP contribution is 2.36. The van der Waals surface area contributed by atoms with Crippen molar-refractivity contribution in [3.05, 3.63) is 53.1 Å². The fourth-order valence-corrected chi connectivity index (χ4v) is 4.58. The number of benzene rings is 2. The average molecular weight is 524 g/mol. The molecule has 1 atom stereocenters. The second-order valence-electron chi connectivity index (χ2n) is 8.77. The number of carbonyl (C=O) groups excluding carboxylic acids is 2. The van der Waals surface area contributed by atoms with Crippen LogP contribution in [0.5, 0.6) is 11.5 Å². The Bertz CT molecular complexity index is 1190. The minimum atomic E-state index is -3.84. The number of fused-ring (bicyclic) bond motifs is 1. The third-order valence-electron chi connectivity index (χ3n) is 5.42. The third-order valence-corrected chi connectivity index (χ3v) is 6.79. The van der Waals surface area contributed by atoms with Crippen LogP contribution in [0, 0.1) is 5.92 Å². The van der Waals surface area contributed by atoms with Crippen LogP contribution in [-0.2, 0) is 26.2 Å². The molecule has 9 nitrogen and oxygen atoms in total. The Labute approximate surface area is 211 Å². The maximum Gasteiger partial charge on any atom is 0.244 e. The first-order valence-corrected chi connectivity index (χ1v) is 13.4. The second kappa shape index (κ2) is 11.2. The Morgan fingerprint density at radius 1 is 1.09 bits per heavy atom. The van der Waals surface area contributed by atoms with Crippen molar-refractivity contribution in [1.82, 2.24) is 10.2 Å². The summed E-state index contributed by atoms with van der Waals surface area (Å²) in [5.74, 6) is 0.241. The normalized spacial score (nSPS) is 13.4. The molecule has 11 heteroatoms. The first-order chi connectivity index (χ1) is 16.5. The van der Waals surface area contributed by atoms with E-state index in [1.54, 1.807) is 43.3 Å². The molecule has 0 unspecified atom stereocenters. The lowest BCUT2D eigenvalue weighted by Crippen LogP contribution is -2.51. The van der Waals surface area contributed by atoms with Crippen molar-refractivity contribution >= 4 is 39.1 Å². The molecular weight excluding hydrogens is 494 g/mol. The Hall–Kier alpha value is -2.98. The number of carbonyl (C=O) groups is 2. The number of rotatable bonds is 10. The lowest BCUT2D eigenvalue weighted by atomic mass is 10.1. The number of nitrogens with zero attached hydrogens (tertiary/aromatic N) is 2. The number of nitrogens with one attached hydrogen (secondary N) is 1. The summed E-state index contributed by atoms with van der Waals surface area (Å²) in [6.07, 6.45) is 1.02. The second-order valence-corrected chi connectivity index (χ2v) is 11.1. The minimum absolute atomic E-state index is 0.0347. The zero-order valence-corrected chi connectivity index (χ0v) is 21.7. The Kier molecular flexibility index (Phi) is 8.50. The molecule has 0 fully saturated rings. The van der Waals surface area contributed by atoms with E-state index in [2.05, 4.69) is 5.32 Å². The van der Waals surface area contributed by atoms with Gasteiger partial charge in [-0.15, -0.1) is 0 Å². The van der Waals surface area contributed by atoms with E-state index in [0.29, 0.717) is 28.6 Å². The Morgan fingerprint density at radius 2 is 1.80 bits per heavy atom. The first kappa shape index (κ1) is 26.6. The van der Waals surface area contributed by atoms with E-state index in [-0.39, 0.29) is 30.9 Å². The molecule has 2 aromatic carbocycles. The largest absolute Gasteiger partial charge is 0.454 e. The molecule has 0 aromatic heterocycles. The molecule has 1 aliphatic rings. The van der Waals surface area contributed by atoms with Crippen molar-refractivity contribution in [3.63, 3.8) is 0 Å². The van der Waals surface area contributed by atoms with Gasteiger partial charge < -0.3 is 19.7 Å². The molecule has 1 aliphatic heterocycles. The molecule has 2 amide bonds. The molecule has 2 aromatic rings. The molecule has 0 radical (unpaired) electrons.